The van der Waals surface area contributed by atoms with Gasteiger partial charge in [0.05, 0.1) is 0 Å². The standard InChI is InChI=1S/C2H8N2.K.H/c1-2-4-3;;/h4H,2-3H2,1H3;;. The molecule has 0 aliphatic carbocycles. The Labute approximate surface area is 74.9 Å². The van der Waals surface area contributed by atoms with E-state index in [1.54, 1.807) is 0 Å². The Balaban J connectivity index is 0. The summed E-state index contributed by atoms with van der Waals surface area (Å²) in [5, 5.41) is 0. The van der Waals surface area contributed by atoms with Crippen LogP contribution in [0, 0.1) is 0 Å². The van der Waals surface area contributed by atoms with Crippen molar-refractivity contribution in [3.05, 3.63) is 0 Å². The van der Waals surface area contributed by atoms with Crippen LogP contribution in [0.15, 0.2) is 0 Å². The van der Waals surface area contributed by atoms with Gasteiger partial charge < -0.3 is 0 Å². The third kappa shape index (κ3) is 10.8. The van der Waals surface area contributed by atoms with Gasteiger partial charge in [-0.05, 0) is 0 Å². The maximum absolute atomic E-state index is 4.78. The Morgan fingerprint density at radius 3 is 2.00 bits per heavy atom. The molecule has 0 aromatic heterocycles. The van der Waals surface area contributed by atoms with Gasteiger partial charge in [0.15, 0.2) is 0 Å². The van der Waals surface area contributed by atoms with Crippen molar-refractivity contribution in [1.82, 2.24) is 5.43 Å². The summed E-state index contributed by atoms with van der Waals surface area (Å²) in [6.45, 7) is 2.79. The minimum absolute atomic E-state index is 0. The van der Waals surface area contributed by atoms with Crippen LogP contribution in [0.5, 0.6) is 0 Å². The second kappa shape index (κ2) is 9.12. The van der Waals surface area contributed by atoms with Crippen molar-refractivity contribution in [2.75, 3.05) is 6.54 Å². The molecule has 0 saturated carbocycles. The number of nitrogens with two attached hydrogens (primary N) is 1. The van der Waals surface area contributed by atoms with Crippen LogP contribution in [0.4, 0.5) is 0 Å². The van der Waals surface area contributed by atoms with Crippen LogP contribution in [0.3, 0.4) is 0 Å². The van der Waals surface area contributed by atoms with Gasteiger partial charge in [0.1, 0.15) is 0 Å². The average Bonchev–Trinajstić information content (AvgIpc) is 1.37. The molecular formula is C2H9KN2. The van der Waals surface area contributed by atoms with Gasteiger partial charge in [-0.15, -0.1) is 0 Å². The van der Waals surface area contributed by atoms with E-state index in [-0.39, 0.29) is 51.4 Å². The molecule has 0 radical (unpaired) electrons. The van der Waals surface area contributed by atoms with E-state index in [9.17, 15) is 0 Å². The average molecular weight is 100 g/mol. The Morgan fingerprint density at radius 1 is 1.80 bits per heavy atom. The summed E-state index contributed by atoms with van der Waals surface area (Å²) in [7, 11) is 0. The van der Waals surface area contributed by atoms with Crippen molar-refractivity contribution >= 4 is 51.4 Å². The Kier molecular flexibility index (Phi) is 17.8. The van der Waals surface area contributed by atoms with Crippen molar-refractivity contribution in [2.24, 2.45) is 5.84 Å². The van der Waals surface area contributed by atoms with Crippen molar-refractivity contribution < 1.29 is 0 Å². The first kappa shape index (κ1) is 9.75. The zero-order chi connectivity index (χ0) is 3.41. The predicted octanol–water partition coefficient (Wildman–Crippen LogP) is -1.18. The second-order valence-electron chi connectivity index (χ2n) is 0.558. The van der Waals surface area contributed by atoms with Gasteiger partial charge in [-0.1, -0.05) is 6.92 Å². The zero-order valence-corrected chi connectivity index (χ0v) is 2.78. The summed E-state index contributed by atoms with van der Waals surface area (Å²) in [4.78, 5) is 0. The third-order valence-electron chi connectivity index (χ3n) is 0.204. The van der Waals surface area contributed by atoms with E-state index < -0.39 is 0 Å². The monoisotopic (exact) mass is 100 g/mol. The molecular weight excluding hydrogens is 91.1 g/mol. The molecule has 28 valence electrons. The van der Waals surface area contributed by atoms with Crippen LogP contribution in [0.1, 0.15) is 6.92 Å². The number of hydrazine groups is 1. The molecule has 0 atom stereocenters. The SMILES string of the molecule is CCNN.[KH]. The fourth-order valence-corrected chi connectivity index (χ4v) is 0. The topological polar surface area (TPSA) is 38.0 Å². The molecule has 5 heavy (non-hydrogen) atoms. The molecule has 0 spiro atoms. The molecule has 0 aromatic carbocycles. The molecule has 0 aliphatic heterocycles. The normalized spacial score (nSPS) is 6.00. The van der Waals surface area contributed by atoms with Crippen LogP contribution in [0.25, 0.3) is 0 Å². The van der Waals surface area contributed by atoms with Crippen LogP contribution >= 0.6 is 0 Å². The molecule has 0 aliphatic rings. The fourth-order valence-electron chi connectivity index (χ4n) is 0. The fraction of sp³-hybridized carbons (Fsp3) is 1.00. The van der Waals surface area contributed by atoms with Crippen LogP contribution in [-0.2, 0) is 0 Å². The summed E-state index contributed by atoms with van der Waals surface area (Å²) < 4.78 is 0. The number of hydrogen-bond acceptors (Lipinski definition) is 2. The van der Waals surface area contributed by atoms with Gasteiger partial charge in [0, 0.05) is 6.54 Å². The molecule has 0 aromatic rings. The summed E-state index contributed by atoms with van der Waals surface area (Å²) in [5.74, 6) is 4.78. The van der Waals surface area contributed by atoms with E-state index in [1.165, 1.54) is 0 Å². The zero-order valence-electron chi connectivity index (χ0n) is 2.78. The van der Waals surface area contributed by atoms with E-state index in [1.807, 2.05) is 6.92 Å². The second-order valence-corrected chi connectivity index (χ2v) is 0.558. The third-order valence-corrected chi connectivity index (χ3v) is 0.204. The minimum atomic E-state index is 0. The number of nitrogens with one attached hydrogen (secondary N) is 1. The van der Waals surface area contributed by atoms with Crippen molar-refractivity contribution in [2.45, 2.75) is 6.92 Å². The molecule has 0 heterocycles. The molecule has 0 amide bonds. The van der Waals surface area contributed by atoms with E-state index >= 15 is 0 Å². The van der Waals surface area contributed by atoms with Gasteiger partial charge in [-0.3, -0.25) is 11.3 Å². The first-order valence-electron chi connectivity index (χ1n) is 1.35. The quantitative estimate of drug-likeness (QED) is 0.247. The van der Waals surface area contributed by atoms with Gasteiger partial charge in [0.25, 0.3) is 0 Å². The van der Waals surface area contributed by atoms with Gasteiger partial charge >= 0.3 is 51.4 Å². The van der Waals surface area contributed by atoms with Crippen LogP contribution in [0.2, 0.25) is 0 Å². The molecule has 0 saturated heterocycles. The number of hydrogen-bond donors (Lipinski definition) is 2. The molecule has 2 nitrogen and oxygen atoms in total. The Hall–Kier alpha value is 1.56. The summed E-state index contributed by atoms with van der Waals surface area (Å²) in [6, 6.07) is 0. The molecule has 0 fully saturated rings. The molecule has 3 N–H and O–H groups in total. The summed E-state index contributed by atoms with van der Waals surface area (Å²) in [6.07, 6.45) is 0. The van der Waals surface area contributed by atoms with Gasteiger partial charge in [-0.25, -0.2) is 0 Å². The van der Waals surface area contributed by atoms with E-state index in [0.29, 0.717) is 0 Å². The van der Waals surface area contributed by atoms with Crippen LogP contribution < -0.4 is 11.3 Å². The van der Waals surface area contributed by atoms with Crippen molar-refractivity contribution in [3.63, 3.8) is 0 Å². The molecule has 0 unspecified atom stereocenters. The molecule has 0 rings (SSSR count). The predicted molar refractivity (Wildman–Crippen MR) is 25.0 cm³/mol. The molecule has 0 bridgehead atoms. The van der Waals surface area contributed by atoms with Gasteiger partial charge in [0.2, 0.25) is 0 Å². The number of rotatable bonds is 1. The molecule has 3 heteroatoms. The summed E-state index contributed by atoms with van der Waals surface area (Å²) in [5.41, 5.74) is 2.43. The first-order valence-corrected chi connectivity index (χ1v) is 1.35. The summed E-state index contributed by atoms with van der Waals surface area (Å²) >= 11 is 0. The Bertz CT molecular complexity index is 9.61. The van der Waals surface area contributed by atoms with Crippen molar-refractivity contribution in [1.29, 1.82) is 0 Å². The van der Waals surface area contributed by atoms with E-state index in [2.05, 4.69) is 5.43 Å². The van der Waals surface area contributed by atoms with Gasteiger partial charge in [-0.2, -0.15) is 0 Å². The maximum atomic E-state index is 4.78. The van der Waals surface area contributed by atoms with Crippen LogP contribution in [-0.4, -0.2) is 57.9 Å². The van der Waals surface area contributed by atoms with Crippen molar-refractivity contribution in [3.8, 4) is 0 Å². The van der Waals surface area contributed by atoms with E-state index in [0.717, 1.165) is 6.54 Å². The Morgan fingerprint density at radius 2 is 2.00 bits per heavy atom. The van der Waals surface area contributed by atoms with E-state index in [4.69, 9.17) is 5.84 Å². The first-order chi connectivity index (χ1) is 1.91.